The molecule has 0 bridgehead atoms. The molecule has 0 heterocycles. The van der Waals surface area contributed by atoms with Gasteiger partial charge in [0.25, 0.3) is 0 Å². The highest BCUT2D eigenvalue weighted by Gasteiger charge is 2.05. The molecule has 54 valence electrons. The number of rotatable bonds is 1. The molecule has 0 saturated heterocycles. The normalized spacial score (nSPS) is 18.0. The van der Waals surface area contributed by atoms with E-state index in [1.807, 2.05) is 19.1 Å². The summed E-state index contributed by atoms with van der Waals surface area (Å²) < 4.78 is 5.14. The third-order valence-corrected chi connectivity index (χ3v) is 1.64. The van der Waals surface area contributed by atoms with Crippen LogP contribution in [0.25, 0.3) is 0 Å². The van der Waals surface area contributed by atoms with Crippen molar-refractivity contribution in [2.45, 2.75) is 13.3 Å². The third kappa shape index (κ3) is 1.29. The number of hydrogen-bond donors (Lipinski definition) is 0. The molecule has 0 fully saturated rings. The van der Waals surface area contributed by atoms with Crippen molar-refractivity contribution < 1.29 is 4.74 Å². The molecular formula is C9H12O. The monoisotopic (exact) mass is 136 g/mol. The number of hydrogen-bond acceptors (Lipinski definition) is 1. The Morgan fingerprint density at radius 3 is 2.70 bits per heavy atom. The fraction of sp³-hybridized carbons (Fsp3) is 0.333. The standard InChI is InChI=1S/C9H12O/c1-7-4-5-8(2)9(6-7)10-3/h4-5H,1,6H2,2-3H3. The van der Waals surface area contributed by atoms with E-state index in [-0.39, 0.29) is 0 Å². The average Bonchev–Trinajstić information content (AvgIpc) is 1.94. The lowest BCUT2D eigenvalue weighted by Gasteiger charge is -2.12. The van der Waals surface area contributed by atoms with E-state index in [0.717, 1.165) is 17.8 Å². The van der Waals surface area contributed by atoms with Crippen LogP contribution in [-0.4, -0.2) is 7.11 Å². The van der Waals surface area contributed by atoms with Gasteiger partial charge in [-0.15, -0.1) is 0 Å². The first kappa shape index (κ1) is 7.13. The van der Waals surface area contributed by atoms with E-state index in [1.165, 1.54) is 5.57 Å². The van der Waals surface area contributed by atoms with Crippen molar-refractivity contribution in [3.63, 3.8) is 0 Å². The number of allylic oxidation sites excluding steroid dienone is 4. The van der Waals surface area contributed by atoms with Crippen LogP contribution < -0.4 is 0 Å². The molecular weight excluding hydrogens is 124 g/mol. The van der Waals surface area contributed by atoms with Gasteiger partial charge in [0.2, 0.25) is 0 Å². The second kappa shape index (κ2) is 2.74. The Labute approximate surface area is 61.7 Å². The Balaban J connectivity index is 2.84. The van der Waals surface area contributed by atoms with E-state index >= 15 is 0 Å². The molecule has 1 aliphatic rings. The van der Waals surface area contributed by atoms with E-state index in [4.69, 9.17) is 4.74 Å². The smallest absolute Gasteiger partial charge is 0.103 e. The van der Waals surface area contributed by atoms with Gasteiger partial charge in [0.15, 0.2) is 0 Å². The van der Waals surface area contributed by atoms with Crippen molar-refractivity contribution in [1.82, 2.24) is 0 Å². The summed E-state index contributed by atoms with van der Waals surface area (Å²) in [6.07, 6.45) is 4.92. The fourth-order valence-corrected chi connectivity index (χ4v) is 0.974. The number of ether oxygens (including phenoxy) is 1. The molecule has 0 spiro atoms. The topological polar surface area (TPSA) is 9.23 Å². The predicted octanol–water partition coefficient (Wildman–Crippen LogP) is 2.42. The molecule has 0 aliphatic heterocycles. The molecule has 1 nitrogen and oxygen atoms in total. The summed E-state index contributed by atoms with van der Waals surface area (Å²) in [7, 11) is 1.70. The lowest BCUT2D eigenvalue weighted by molar-refractivity contribution is 0.279. The predicted molar refractivity (Wildman–Crippen MR) is 42.6 cm³/mol. The van der Waals surface area contributed by atoms with E-state index in [9.17, 15) is 0 Å². The van der Waals surface area contributed by atoms with Crippen LogP contribution in [0.2, 0.25) is 0 Å². The van der Waals surface area contributed by atoms with Crippen molar-refractivity contribution >= 4 is 0 Å². The summed E-state index contributed by atoms with van der Waals surface area (Å²) in [5.41, 5.74) is 2.32. The quantitative estimate of drug-likeness (QED) is 0.538. The van der Waals surface area contributed by atoms with Crippen molar-refractivity contribution in [2.24, 2.45) is 0 Å². The largest absolute Gasteiger partial charge is 0.500 e. The van der Waals surface area contributed by atoms with Gasteiger partial charge in [0.05, 0.1) is 7.11 Å². The van der Waals surface area contributed by atoms with Crippen LogP contribution in [-0.2, 0) is 4.74 Å². The first-order chi connectivity index (χ1) is 4.74. The lowest BCUT2D eigenvalue weighted by Crippen LogP contribution is -1.95. The van der Waals surface area contributed by atoms with Crippen LogP contribution in [0, 0.1) is 0 Å². The molecule has 0 aromatic heterocycles. The van der Waals surface area contributed by atoms with Crippen molar-refractivity contribution in [1.29, 1.82) is 0 Å². The molecule has 1 heteroatoms. The Bertz CT molecular complexity index is 209. The summed E-state index contributed by atoms with van der Waals surface area (Å²) in [5, 5.41) is 0. The lowest BCUT2D eigenvalue weighted by atomic mass is 10.0. The molecule has 0 atom stereocenters. The van der Waals surface area contributed by atoms with E-state index in [2.05, 4.69) is 6.58 Å². The van der Waals surface area contributed by atoms with Crippen molar-refractivity contribution in [3.05, 3.63) is 35.6 Å². The fourth-order valence-electron chi connectivity index (χ4n) is 0.974. The van der Waals surface area contributed by atoms with Crippen LogP contribution in [0.5, 0.6) is 0 Å². The zero-order valence-corrected chi connectivity index (χ0v) is 6.48. The minimum atomic E-state index is 0.860. The van der Waals surface area contributed by atoms with Crippen LogP contribution >= 0.6 is 0 Å². The van der Waals surface area contributed by atoms with Gasteiger partial charge in [-0.25, -0.2) is 0 Å². The highest BCUT2D eigenvalue weighted by Crippen LogP contribution is 2.21. The molecule has 10 heavy (non-hydrogen) atoms. The second-order valence-electron chi connectivity index (χ2n) is 2.48. The van der Waals surface area contributed by atoms with E-state index in [0.29, 0.717) is 0 Å². The van der Waals surface area contributed by atoms with Gasteiger partial charge < -0.3 is 4.74 Å². The molecule has 0 aromatic carbocycles. The maximum absolute atomic E-state index is 5.14. The first-order valence-electron chi connectivity index (χ1n) is 3.33. The van der Waals surface area contributed by atoms with Gasteiger partial charge in [0.1, 0.15) is 5.76 Å². The van der Waals surface area contributed by atoms with Gasteiger partial charge in [-0.3, -0.25) is 0 Å². The van der Waals surface area contributed by atoms with Crippen LogP contribution in [0.15, 0.2) is 35.6 Å². The Kier molecular flexibility index (Phi) is 1.95. The van der Waals surface area contributed by atoms with Gasteiger partial charge in [-0.2, -0.15) is 0 Å². The molecule has 0 unspecified atom stereocenters. The zero-order valence-electron chi connectivity index (χ0n) is 6.48. The number of methoxy groups -OCH3 is 1. The summed E-state index contributed by atoms with van der Waals surface area (Å²) >= 11 is 0. The van der Waals surface area contributed by atoms with Crippen LogP contribution in [0.3, 0.4) is 0 Å². The van der Waals surface area contributed by atoms with Crippen molar-refractivity contribution in [3.8, 4) is 0 Å². The van der Waals surface area contributed by atoms with Crippen LogP contribution in [0.1, 0.15) is 13.3 Å². The third-order valence-electron chi connectivity index (χ3n) is 1.64. The van der Waals surface area contributed by atoms with Gasteiger partial charge >= 0.3 is 0 Å². The maximum Gasteiger partial charge on any atom is 0.103 e. The molecule has 0 amide bonds. The molecule has 1 rings (SSSR count). The van der Waals surface area contributed by atoms with Gasteiger partial charge in [-0.05, 0) is 18.1 Å². The molecule has 0 N–H and O–H groups in total. The van der Waals surface area contributed by atoms with E-state index < -0.39 is 0 Å². The van der Waals surface area contributed by atoms with Crippen LogP contribution in [0.4, 0.5) is 0 Å². The average molecular weight is 136 g/mol. The second-order valence-corrected chi connectivity index (χ2v) is 2.48. The summed E-state index contributed by atoms with van der Waals surface area (Å²) in [6.45, 7) is 5.89. The molecule has 0 aromatic rings. The van der Waals surface area contributed by atoms with Gasteiger partial charge in [-0.1, -0.05) is 18.7 Å². The minimum absolute atomic E-state index is 0.860. The molecule has 0 saturated carbocycles. The van der Waals surface area contributed by atoms with E-state index in [1.54, 1.807) is 7.11 Å². The summed E-state index contributed by atoms with van der Waals surface area (Å²) in [5.74, 6) is 1.03. The zero-order chi connectivity index (χ0) is 7.56. The summed E-state index contributed by atoms with van der Waals surface area (Å²) in [6, 6.07) is 0. The Hall–Kier alpha value is -0.980. The van der Waals surface area contributed by atoms with Crippen molar-refractivity contribution in [2.75, 3.05) is 7.11 Å². The molecule has 0 radical (unpaired) electrons. The SMILES string of the molecule is C=C1C=CC(C)=C(OC)C1. The molecule has 1 aliphatic carbocycles. The highest BCUT2D eigenvalue weighted by molar-refractivity contribution is 5.35. The maximum atomic E-state index is 5.14. The first-order valence-corrected chi connectivity index (χ1v) is 3.33. The highest BCUT2D eigenvalue weighted by atomic mass is 16.5. The Morgan fingerprint density at radius 1 is 1.50 bits per heavy atom. The van der Waals surface area contributed by atoms with Gasteiger partial charge in [0, 0.05) is 6.42 Å². The summed E-state index contributed by atoms with van der Waals surface area (Å²) in [4.78, 5) is 0. The minimum Gasteiger partial charge on any atom is -0.500 e. The Morgan fingerprint density at radius 2 is 2.20 bits per heavy atom.